The van der Waals surface area contributed by atoms with Gasteiger partial charge in [0.05, 0.1) is 10.8 Å². The number of hydrogen-bond acceptors (Lipinski definition) is 10. The fraction of sp³-hybridized carbons (Fsp3) is 0.412. The maximum absolute atomic E-state index is 12.2. The molecule has 6 rings (SSSR count). The first-order valence-electron chi connectivity index (χ1n) is 16.6. The predicted octanol–water partition coefficient (Wildman–Crippen LogP) is 2.10. The van der Waals surface area contributed by atoms with Gasteiger partial charge < -0.3 is 41.0 Å². The maximum Gasteiger partial charge on any atom is 0.246 e. The van der Waals surface area contributed by atoms with Crippen LogP contribution in [-0.2, 0) is 19.2 Å². The van der Waals surface area contributed by atoms with Crippen LogP contribution in [-0.4, -0.2) is 114 Å². The summed E-state index contributed by atoms with van der Waals surface area (Å²) in [5.74, 6) is 1.06. The lowest BCUT2D eigenvalue weighted by molar-refractivity contribution is -0.131. The van der Waals surface area contributed by atoms with Gasteiger partial charge in [-0.25, -0.2) is 19.9 Å². The average molecular weight is 685 g/mol. The fourth-order valence-corrected chi connectivity index (χ4v) is 6.37. The summed E-state index contributed by atoms with van der Waals surface area (Å²) in [5, 5.41) is 14.3. The van der Waals surface area contributed by atoms with Gasteiger partial charge in [0.25, 0.3) is 0 Å². The van der Waals surface area contributed by atoms with Crippen LogP contribution in [0, 0.1) is 0 Å². The zero-order valence-corrected chi connectivity index (χ0v) is 28.3. The van der Waals surface area contributed by atoms with E-state index in [0.29, 0.717) is 26.2 Å². The van der Waals surface area contributed by atoms with E-state index < -0.39 is 0 Å². The van der Waals surface area contributed by atoms with Crippen molar-refractivity contribution in [2.75, 3.05) is 36.8 Å². The second-order valence-corrected chi connectivity index (χ2v) is 12.3. The molecule has 16 nitrogen and oxygen atoms in total. The van der Waals surface area contributed by atoms with E-state index in [4.69, 9.17) is 0 Å². The molecule has 0 radical (unpaired) electrons. The number of carbonyl (C=O) groups is 4. The Balaban J connectivity index is 0.000000194. The number of carbonyl (C=O) groups excluding carboxylic acids is 4. The number of anilines is 2. The Morgan fingerprint density at radius 2 is 1.14 bits per heavy atom. The summed E-state index contributed by atoms with van der Waals surface area (Å²) in [4.78, 5) is 73.4. The van der Waals surface area contributed by atoms with Crippen LogP contribution >= 0.6 is 0 Å². The molecular weight excluding hydrogens is 640 g/mol. The molecule has 0 bridgehead atoms. The number of nitrogens with one attached hydrogen (secondary N) is 6. The molecule has 4 atom stereocenters. The maximum atomic E-state index is 12.2. The number of aromatic nitrogens is 6. The molecule has 0 spiro atoms. The van der Waals surface area contributed by atoms with Gasteiger partial charge in [0, 0.05) is 76.6 Å². The van der Waals surface area contributed by atoms with Crippen LogP contribution in [0.1, 0.15) is 39.5 Å². The van der Waals surface area contributed by atoms with Gasteiger partial charge in [-0.05, 0) is 50.0 Å². The van der Waals surface area contributed by atoms with Gasteiger partial charge in [-0.15, -0.1) is 0 Å². The number of likely N-dealkylation sites (tertiary alicyclic amines) is 2. The molecule has 4 aromatic heterocycles. The number of nitrogens with zero attached hydrogens (tertiary/aromatic N) is 6. The third-order valence-corrected chi connectivity index (χ3v) is 8.89. The minimum Gasteiger partial charge on any atom is -0.365 e. The van der Waals surface area contributed by atoms with Gasteiger partial charge in [-0.2, -0.15) is 0 Å². The minimum absolute atomic E-state index is 0.0230. The summed E-state index contributed by atoms with van der Waals surface area (Å²) in [6, 6.07) is 3.95. The molecule has 264 valence electrons. The van der Waals surface area contributed by atoms with Crippen molar-refractivity contribution in [1.82, 2.24) is 50.3 Å². The van der Waals surface area contributed by atoms with E-state index in [1.807, 2.05) is 24.5 Å². The molecular formula is C34H44N12O4. The van der Waals surface area contributed by atoms with Crippen molar-refractivity contribution < 1.29 is 19.2 Å². The molecule has 2 aliphatic heterocycles. The largest absolute Gasteiger partial charge is 0.365 e. The van der Waals surface area contributed by atoms with Crippen LogP contribution in [0.2, 0.25) is 0 Å². The first kappa shape index (κ1) is 35.5. The standard InChI is InChI=1S/2C17H22N6O2/c2*1-3-15(25)23-9-12(4-5-13(23)8-19-11(2)24)22-17-14-6-7-18-16(14)20-10-21-17/h2*3,6-7,10,12-13H,1,4-5,8-9H2,2H3,(H,19,24)(H2,18,20,21,22)/t2*12-,13-/m10/s1. The normalized spacial score (nSPS) is 20.3. The molecule has 4 amide bonds. The average Bonchev–Trinajstić information content (AvgIpc) is 3.81. The van der Waals surface area contributed by atoms with E-state index in [1.54, 1.807) is 9.80 Å². The lowest BCUT2D eigenvalue weighted by atomic mass is 9.97. The topological polar surface area (TPSA) is 206 Å². The molecule has 0 aliphatic carbocycles. The quantitative estimate of drug-likeness (QED) is 0.134. The van der Waals surface area contributed by atoms with Crippen molar-refractivity contribution in [2.24, 2.45) is 0 Å². The van der Waals surface area contributed by atoms with Gasteiger partial charge in [-0.3, -0.25) is 19.2 Å². The Morgan fingerprint density at radius 3 is 1.52 bits per heavy atom. The molecule has 4 aromatic rings. The SMILES string of the molecule is C=CC(=O)N1C[C@@H](Nc2ncnc3[nH]ccc23)CC[C@H]1CNC(C)=O.C=CC(=O)N1C[C@H](Nc2ncnc3[nH]ccc23)CC[C@@H]1CNC(C)=O. The first-order valence-corrected chi connectivity index (χ1v) is 16.6. The Bertz CT molecular complexity index is 1700. The van der Waals surface area contributed by atoms with Crippen molar-refractivity contribution in [3.8, 4) is 0 Å². The van der Waals surface area contributed by atoms with E-state index in [1.165, 1.54) is 38.7 Å². The zero-order valence-electron chi connectivity index (χ0n) is 28.3. The highest BCUT2D eigenvalue weighted by molar-refractivity contribution is 5.89. The van der Waals surface area contributed by atoms with Crippen LogP contribution in [0.15, 0.2) is 62.5 Å². The highest BCUT2D eigenvalue weighted by atomic mass is 16.2. The van der Waals surface area contributed by atoms with Gasteiger partial charge in [0.1, 0.15) is 35.6 Å². The van der Waals surface area contributed by atoms with E-state index in [9.17, 15) is 19.2 Å². The number of amides is 4. The molecule has 0 saturated carbocycles. The number of aromatic amines is 2. The van der Waals surface area contributed by atoms with E-state index >= 15 is 0 Å². The summed E-state index contributed by atoms with van der Waals surface area (Å²) < 4.78 is 0. The van der Waals surface area contributed by atoms with Gasteiger partial charge >= 0.3 is 0 Å². The summed E-state index contributed by atoms with van der Waals surface area (Å²) >= 11 is 0. The third-order valence-electron chi connectivity index (χ3n) is 8.89. The summed E-state index contributed by atoms with van der Waals surface area (Å²) in [5.41, 5.74) is 1.55. The van der Waals surface area contributed by atoms with Crippen molar-refractivity contribution in [3.05, 3.63) is 62.5 Å². The molecule has 2 aliphatic rings. The lowest BCUT2D eigenvalue weighted by Gasteiger charge is -2.39. The molecule has 2 fully saturated rings. The number of H-pyrrole nitrogens is 2. The molecule has 50 heavy (non-hydrogen) atoms. The van der Waals surface area contributed by atoms with Gasteiger partial charge in [0.2, 0.25) is 23.6 Å². The number of rotatable bonds is 10. The third kappa shape index (κ3) is 8.80. The Labute approximate surface area is 289 Å². The Hall–Kier alpha value is -5.80. The Kier molecular flexibility index (Phi) is 11.7. The molecule has 2 saturated heterocycles. The predicted molar refractivity (Wildman–Crippen MR) is 190 cm³/mol. The summed E-state index contributed by atoms with van der Waals surface area (Å²) in [6.07, 6.45) is 12.6. The van der Waals surface area contributed by atoms with Gasteiger partial charge in [0.15, 0.2) is 0 Å². The molecule has 6 heterocycles. The monoisotopic (exact) mass is 684 g/mol. The number of piperidine rings is 2. The molecule has 0 aromatic carbocycles. The molecule has 16 heteroatoms. The van der Waals surface area contributed by atoms with Gasteiger partial charge in [-0.1, -0.05) is 13.2 Å². The van der Waals surface area contributed by atoms with Crippen LogP contribution in [0.25, 0.3) is 22.1 Å². The summed E-state index contributed by atoms with van der Waals surface area (Å²) in [6.45, 7) is 12.1. The molecule has 0 unspecified atom stereocenters. The van der Waals surface area contributed by atoms with Crippen molar-refractivity contribution in [2.45, 2.75) is 63.7 Å². The fourth-order valence-electron chi connectivity index (χ4n) is 6.37. The van der Waals surface area contributed by atoms with E-state index in [2.05, 4.69) is 64.3 Å². The van der Waals surface area contributed by atoms with Crippen molar-refractivity contribution >= 4 is 57.3 Å². The van der Waals surface area contributed by atoms with Crippen LogP contribution < -0.4 is 21.3 Å². The number of fused-ring (bicyclic) bond motifs is 2. The van der Waals surface area contributed by atoms with Crippen molar-refractivity contribution in [1.29, 1.82) is 0 Å². The van der Waals surface area contributed by atoms with Crippen LogP contribution in [0.4, 0.5) is 11.6 Å². The van der Waals surface area contributed by atoms with E-state index in [0.717, 1.165) is 59.4 Å². The van der Waals surface area contributed by atoms with E-state index in [-0.39, 0.29) is 47.8 Å². The summed E-state index contributed by atoms with van der Waals surface area (Å²) in [7, 11) is 0. The van der Waals surface area contributed by atoms with Crippen LogP contribution in [0.3, 0.4) is 0 Å². The zero-order chi connectivity index (χ0) is 35.6. The van der Waals surface area contributed by atoms with Crippen molar-refractivity contribution in [3.63, 3.8) is 0 Å². The second kappa shape index (κ2) is 16.5. The second-order valence-electron chi connectivity index (χ2n) is 12.3. The smallest absolute Gasteiger partial charge is 0.246 e. The Morgan fingerprint density at radius 1 is 0.720 bits per heavy atom. The lowest BCUT2D eigenvalue weighted by Crippen LogP contribution is -2.54. The highest BCUT2D eigenvalue weighted by Crippen LogP contribution is 2.25. The number of hydrogen-bond donors (Lipinski definition) is 6. The van der Waals surface area contributed by atoms with Crippen LogP contribution in [0.5, 0.6) is 0 Å². The highest BCUT2D eigenvalue weighted by Gasteiger charge is 2.32. The minimum atomic E-state index is -0.128. The molecule has 6 N–H and O–H groups in total. The first-order chi connectivity index (χ1) is 24.2.